The Labute approximate surface area is 109 Å². The minimum Gasteiger partial charge on any atom is -0.480 e. The van der Waals surface area contributed by atoms with E-state index in [2.05, 4.69) is 10.3 Å². The second-order valence-corrected chi connectivity index (χ2v) is 7.22. The quantitative estimate of drug-likeness (QED) is 0.779. The molecule has 7 nitrogen and oxygen atoms in total. The molecule has 0 aliphatic carbocycles. The standard InChI is InChI=1S/C9H13N3O4S2/c1-6-11-5-8(17-6)18(15,16)12-3-2-10-4-7(12)9(13)14/h5,7,10H,2-4H2,1H3,(H,13,14). The number of rotatable bonds is 3. The molecule has 0 spiro atoms. The van der Waals surface area contributed by atoms with E-state index in [1.165, 1.54) is 6.20 Å². The lowest BCUT2D eigenvalue weighted by atomic mass is 10.2. The van der Waals surface area contributed by atoms with Crippen LogP contribution in [0.2, 0.25) is 0 Å². The number of aliphatic carboxylic acids is 1. The molecular weight excluding hydrogens is 278 g/mol. The Balaban J connectivity index is 2.36. The first-order chi connectivity index (χ1) is 8.43. The molecular formula is C9H13N3O4S2. The van der Waals surface area contributed by atoms with Crippen LogP contribution in [0, 0.1) is 6.92 Å². The Morgan fingerprint density at radius 1 is 1.67 bits per heavy atom. The minimum atomic E-state index is -3.77. The molecule has 100 valence electrons. The molecule has 2 rings (SSSR count). The number of nitrogens with one attached hydrogen (secondary N) is 1. The summed E-state index contributed by atoms with van der Waals surface area (Å²) in [5, 5.41) is 12.6. The van der Waals surface area contributed by atoms with E-state index >= 15 is 0 Å². The highest BCUT2D eigenvalue weighted by atomic mass is 32.2. The van der Waals surface area contributed by atoms with E-state index in [0.717, 1.165) is 15.6 Å². The van der Waals surface area contributed by atoms with Crippen molar-refractivity contribution in [3.8, 4) is 0 Å². The molecule has 9 heteroatoms. The van der Waals surface area contributed by atoms with Crippen LogP contribution in [0.3, 0.4) is 0 Å². The monoisotopic (exact) mass is 291 g/mol. The zero-order valence-electron chi connectivity index (χ0n) is 9.66. The van der Waals surface area contributed by atoms with Gasteiger partial charge in [-0.2, -0.15) is 4.31 Å². The largest absolute Gasteiger partial charge is 0.480 e. The van der Waals surface area contributed by atoms with Crippen LogP contribution in [-0.4, -0.2) is 54.5 Å². The summed E-state index contributed by atoms with van der Waals surface area (Å²) in [5.41, 5.74) is 0. The first-order valence-corrected chi connectivity index (χ1v) is 7.56. The van der Waals surface area contributed by atoms with Crippen molar-refractivity contribution >= 4 is 27.3 Å². The molecule has 2 heterocycles. The molecule has 2 N–H and O–H groups in total. The summed E-state index contributed by atoms with van der Waals surface area (Å²) in [6.45, 7) is 2.42. The average molecular weight is 291 g/mol. The van der Waals surface area contributed by atoms with Crippen LogP contribution in [0.25, 0.3) is 0 Å². The van der Waals surface area contributed by atoms with Crippen molar-refractivity contribution in [1.82, 2.24) is 14.6 Å². The molecule has 0 saturated carbocycles. The highest BCUT2D eigenvalue weighted by molar-refractivity contribution is 7.91. The van der Waals surface area contributed by atoms with Gasteiger partial charge >= 0.3 is 5.97 Å². The van der Waals surface area contributed by atoms with E-state index < -0.39 is 22.0 Å². The van der Waals surface area contributed by atoms with Gasteiger partial charge in [0.2, 0.25) is 0 Å². The molecule has 1 atom stereocenters. The topological polar surface area (TPSA) is 99.6 Å². The maximum absolute atomic E-state index is 12.3. The zero-order chi connectivity index (χ0) is 13.3. The third-order valence-corrected chi connectivity index (χ3v) is 5.90. The fourth-order valence-corrected chi connectivity index (χ4v) is 4.58. The van der Waals surface area contributed by atoms with E-state index in [0.29, 0.717) is 11.6 Å². The SMILES string of the molecule is Cc1ncc(S(=O)(=O)N2CCNCC2C(=O)O)s1. The fourth-order valence-electron chi connectivity index (χ4n) is 1.76. The summed E-state index contributed by atoms with van der Waals surface area (Å²) < 4.78 is 25.8. The van der Waals surface area contributed by atoms with Gasteiger partial charge in [0.1, 0.15) is 6.04 Å². The van der Waals surface area contributed by atoms with Crippen molar-refractivity contribution in [1.29, 1.82) is 0 Å². The molecule has 1 aliphatic rings. The Morgan fingerprint density at radius 3 is 2.94 bits per heavy atom. The Hall–Kier alpha value is -1.03. The van der Waals surface area contributed by atoms with Gasteiger partial charge in [-0.15, -0.1) is 11.3 Å². The fraction of sp³-hybridized carbons (Fsp3) is 0.556. The molecule has 1 aliphatic heterocycles. The average Bonchev–Trinajstić information content (AvgIpc) is 2.76. The van der Waals surface area contributed by atoms with E-state index in [4.69, 9.17) is 5.11 Å². The van der Waals surface area contributed by atoms with Gasteiger partial charge in [0.15, 0.2) is 4.21 Å². The van der Waals surface area contributed by atoms with Crippen LogP contribution in [0.15, 0.2) is 10.4 Å². The smallest absolute Gasteiger partial charge is 0.323 e. The van der Waals surface area contributed by atoms with Crippen molar-refractivity contribution in [3.63, 3.8) is 0 Å². The third-order valence-electron chi connectivity index (χ3n) is 2.64. The van der Waals surface area contributed by atoms with Gasteiger partial charge in [0.25, 0.3) is 10.0 Å². The van der Waals surface area contributed by atoms with Gasteiger partial charge in [-0.1, -0.05) is 0 Å². The zero-order valence-corrected chi connectivity index (χ0v) is 11.3. The lowest BCUT2D eigenvalue weighted by Gasteiger charge is -2.31. The van der Waals surface area contributed by atoms with Crippen molar-refractivity contribution in [2.75, 3.05) is 19.6 Å². The summed E-state index contributed by atoms with van der Waals surface area (Å²) in [5.74, 6) is -1.15. The van der Waals surface area contributed by atoms with Crippen molar-refractivity contribution < 1.29 is 18.3 Å². The highest BCUT2D eigenvalue weighted by Crippen LogP contribution is 2.24. The van der Waals surface area contributed by atoms with Gasteiger partial charge in [0.05, 0.1) is 11.2 Å². The molecule has 0 radical (unpaired) electrons. The maximum Gasteiger partial charge on any atom is 0.323 e. The van der Waals surface area contributed by atoms with E-state index in [1.54, 1.807) is 6.92 Å². The van der Waals surface area contributed by atoms with Crippen molar-refractivity contribution in [3.05, 3.63) is 11.2 Å². The molecule has 1 aromatic rings. The summed E-state index contributed by atoms with van der Waals surface area (Å²) >= 11 is 1.05. The number of piperazine rings is 1. The number of aromatic nitrogens is 1. The van der Waals surface area contributed by atoms with Crippen LogP contribution in [0.5, 0.6) is 0 Å². The molecule has 0 amide bonds. The molecule has 18 heavy (non-hydrogen) atoms. The van der Waals surface area contributed by atoms with Crippen LogP contribution in [-0.2, 0) is 14.8 Å². The molecule has 1 unspecified atom stereocenters. The molecule has 1 aromatic heterocycles. The number of carboxylic acid groups (broad SMARTS) is 1. The first-order valence-electron chi connectivity index (χ1n) is 5.30. The van der Waals surface area contributed by atoms with Gasteiger partial charge < -0.3 is 10.4 Å². The molecule has 0 aromatic carbocycles. The molecule has 1 fully saturated rings. The van der Waals surface area contributed by atoms with E-state index in [9.17, 15) is 13.2 Å². The maximum atomic E-state index is 12.3. The number of carbonyl (C=O) groups is 1. The molecule has 1 saturated heterocycles. The van der Waals surface area contributed by atoms with Gasteiger partial charge in [0, 0.05) is 19.6 Å². The first kappa shape index (κ1) is 13.4. The van der Waals surface area contributed by atoms with Crippen molar-refractivity contribution in [2.45, 2.75) is 17.2 Å². The van der Waals surface area contributed by atoms with Crippen molar-refractivity contribution in [2.24, 2.45) is 0 Å². The van der Waals surface area contributed by atoms with Gasteiger partial charge in [-0.3, -0.25) is 4.79 Å². The second-order valence-electron chi connectivity index (χ2n) is 3.87. The summed E-state index contributed by atoms with van der Waals surface area (Å²) in [4.78, 5) is 15.0. The number of aryl methyl sites for hydroxylation is 1. The Kier molecular flexibility index (Phi) is 3.66. The summed E-state index contributed by atoms with van der Waals surface area (Å²) in [7, 11) is -3.77. The predicted octanol–water partition coefficient (Wildman–Crippen LogP) is -0.501. The number of thiazole rings is 1. The number of carboxylic acids is 1. The van der Waals surface area contributed by atoms with E-state index in [1.807, 2.05) is 0 Å². The number of sulfonamides is 1. The normalized spacial score (nSPS) is 21.9. The lowest BCUT2D eigenvalue weighted by molar-refractivity contribution is -0.141. The second kappa shape index (κ2) is 4.92. The number of hydrogen-bond acceptors (Lipinski definition) is 6. The highest BCUT2D eigenvalue weighted by Gasteiger charge is 2.38. The Morgan fingerprint density at radius 2 is 2.39 bits per heavy atom. The number of hydrogen-bond donors (Lipinski definition) is 2. The van der Waals surface area contributed by atoms with E-state index in [-0.39, 0.29) is 17.3 Å². The van der Waals surface area contributed by atoms with Crippen LogP contribution in [0.4, 0.5) is 0 Å². The van der Waals surface area contributed by atoms with Crippen LogP contribution in [0.1, 0.15) is 5.01 Å². The van der Waals surface area contributed by atoms with Gasteiger partial charge in [-0.25, -0.2) is 13.4 Å². The summed E-state index contributed by atoms with van der Waals surface area (Å²) in [6.07, 6.45) is 1.27. The van der Waals surface area contributed by atoms with Gasteiger partial charge in [-0.05, 0) is 6.92 Å². The van der Waals surface area contributed by atoms with Crippen LogP contribution < -0.4 is 5.32 Å². The Bertz CT molecular complexity index is 554. The minimum absolute atomic E-state index is 0.0909. The van der Waals surface area contributed by atoms with Crippen LogP contribution >= 0.6 is 11.3 Å². The lowest BCUT2D eigenvalue weighted by Crippen LogP contribution is -2.56. The number of nitrogens with zero attached hydrogens (tertiary/aromatic N) is 2. The third kappa shape index (κ3) is 2.39. The molecule has 0 bridgehead atoms. The predicted molar refractivity (Wildman–Crippen MR) is 65.0 cm³/mol. The summed E-state index contributed by atoms with van der Waals surface area (Å²) in [6, 6.07) is -1.06.